The van der Waals surface area contributed by atoms with E-state index in [0.717, 1.165) is 18.7 Å². The molecule has 1 aliphatic carbocycles. The number of amides is 1. The molecule has 1 aromatic rings. The van der Waals surface area contributed by atoms with Crippen molar-refractivity contribution in [2.45, 2.75) is 37.8 Å². The van der Waals surface area contributed by atoms with E-state index < -0.39 is 0 Å². The maximum atomic E-state index is 12.2. The molecule has 0 spiro atoms. The molecule has 1 saturated heterocycles. The van der Waals surface area contributed by atoms with Gasteiger partial charge in [-0.3, -0.25) is 4.79 Å². The molecule has 104 valence electrons. The van der Waals surface area contributed by atoms with E-state index in [1.165, 1.54) is 29.0 Å². The van der Waals surface area contributed by atoms with E-state index in [9.17, 15) is 4.79 Å². The summed E-state index contributed by atoms with van der Waals surface area (Å²) in [5.74, 6) is 2.42. The Labute approximate surface area is 122 Å². The first kappa shape index (κ1) is 13.5. The van der Waals surface area contributed by atoms with Crippen LogP contribution < -0.4 is 10.6 Å². The molecule has 0 saturated carbocycles. The monoisotopic (exact) mass is 296 g/mol. The summed E-state index contributed by atoms with van der Waals surface area (Å²) in [6.45, 7) is 1.03. The summed E-state index contributed by atoms with van der Waals surface area (Å²) < 4.78 is 0. The lowest BCUT2D eigenvalue weighted by molar-refractivity contribution is -0.122. The quantitative estimate of drug-likeness (QED) is 0.899. The summed E-state index contributed by atoms with van der Waals surface area (Å²) in [6.07, 6.45) is 4.07. The van der Waals surface area contributed by atoms with E-state index in [1.807, 2.05) is 23.1 Å². The molecule has 0 aromatic carbocycles. The molecule has 19 heavy (non-hydrogen) atoms. The predicted molar refractivity (Wildman–Crippen MR) is 81.9 cm³/mol. The summed E-state index contributed by atoms with van der Waals surface area (Å²) in [4.78, 5) is 13.6. The molecule has 2 N–H and O–H groups in total. The number of hydrogen-bond acceptors (Lipinski definition) is 4. The maximum absolute atomic E-state index is 12.2. The molecule has 3 nitrogen and oxygen atoms in total. The van der Waals surface area contributed by atoms with Crippen molar-refractivity contribution in [1.29, 1.82) is 0 Å². The number of fused-ring (bicyclic) bond motifs is 1. The van der Waals surface area contributed by atoms with Gasteiger partial charge in [-0.2, -0.15) is 11.8 Å². The van der Waals surface area contributed by atoms with Crippen LogP contribution in [0.2, 0.25) is 0 Å². The first-order valence-electron chi connectivity index (χ1n) is 6.99. The van der Waals surface area contributed by atoms with Crippen LogP contribution in [-0.4, -0.2) is 30.0 Å². The van der Waals surface area contributed by atoms with Gasteiger partial charge in [-0.25, -0.2) is 0 Å². The molecule has 2 unspecified atom stereocenters. The summed E-state index contributed by atoms with van der Waals surface area (Å²) in [5, 5.41) is 8.80. The Morgan fingerprint density at radius 2 is 2.47 bits per heavy atom. The fraction of sp³-hybridized carbons (Fsp3) is 0.643. The first-order chi connectivity index (χ1) is 9.33. The summed E-state index contributed by atoms with van der Waals surface area (Å²) in [6, 6.07) is 2.78. The fourth-order valence-corrected chi connectivity index (χ4v) is 4.80. The number of thiophene rings is 1. The second-order valence-electron chi connectivity index (χ2n) is 5.24. The molecule has 1 aromatic heterocycles. The lowest BCUT2D eigenvalue weighted by Gasteiger charge is -2.26. The number of aryl methyl sites for hydroxylation is 1. The Balaban J connectivity index is 1.55. The normalized spacial score (nSPS) is 26.7. The van der Waals surface area contributed by atoms with Gasteiger partial charge in [0.1, 0.15) is 0 Å². The third-order valence-electron chi connectivity index (χ3n) is 3.82. The van der Waals surface area contributed by atoms with Crippen molar-refractivity contribution in [3.63, 3.8) is 0 Å². The topological polar surface area (TPSA) is 41.1 Å². The lowest BCUT2D eigenvalue weighted by Crippen LogP contribution is -2.42. The molecule has 5 heteroatoms. The minimum Gasteiger partial charge on any atom is -0.349 e. The van der Waals surface area contributed by atoms with Crippen LogP contribution in [-0.2, 0) is 11.2 Å². The highest BCUT2D eigenvalue weighted by molar-refractivity contribution is 7.99. The smallest absolute Gasteiger partial charge is 0.222 e. The van der Waals surface area contributed by atoms with Crippen LogP contribution in [0.3, 0.4) is 0 Å². The third kappa shape index (κ3) is 3.33. The second kappa shape index (κ2) is 6.29. The van der Waals surface area contributed by atoms with E-state index in [2.05, 4.69) is 22.1 Å². The van der Waals surface area contributed by atoms with Gasteiger partial charge in [-0.15, -0.1) is 11.3 Å². The number of hydrogen-bond donors (Lipinski definition) is 2. The highest BCUT2D eigenvalue weighted by Gasteiger charge is 2.24. The van der Waals surface area contributed by atoms with Gasteiger partial charge in [-0.1, -0.05) is 0 Å². The summed E-state index contributed by atoms with van der Waals surface area (Å²) >= 11 is 3.77. The number of carbonyl (C=O) groups is 1. The highest BCUT2D eigenvalue weighted by atomic mass is 32.2. The molecule has 3 rings (SSSR count). The Kier molecular flexibility index (Phi) is 4.45. The van der Waals surface area contributed by atoms with Crippen molar-refractivity contribution >= 4 is 29.0 Å². The number of thioether (sulfide) groups is 1. The average Bonchev–Trinajstić information content (AvgIpc) is 2.89. The van der Waals surface area contributed by atoms with Gasteiger partial charge in [0.25, 0.3) is 0 Å². The largest absolute Gasteiger partial charge is 0.349 e. The van der Waals surface area contributed by atoms with Crippen LogP contribution in [0.15, 0.2) is 11.4 Å². The number of carbonyl (C=O) groups excluding carboxylic acids is 1. The van der Waals surface area contributed by atoms with E-state index in [1.54, 1.807) is 0 Å². The molecule has 1 aliphatic heterocycles. The van der Waals surface area contributed by atoms with Crippen LogP contribution in [0.25, 0.3) is 0 Å². The standard InChI is InChI=1S/C14H20N2OS2/c17-14(8-10-9-18-7-5-15-10)16-12-2-1-3-13-11(12)4-6-19-13/h4,6,10,12,15H,1-3,5,7-9H2,(H,16,17). The molecule has 0 bridgehead atoms. The third-order valence-corrected chi connectivity index (χ3v) is 5.94. The van der Waals surface area contributed by atoms with Crippen molar-refractivity contribution in [3.05, 3.63) is 21.9 Å². The fourth-order valence-electron chi connectivity index (χ4n) is 2.86. The van der Waals surface area contributed by atoms with Crippen LogP contribution >= 0.6 is 23.1 Å². The van der Waals surface area contributed by atoms with Crippen LogP contribution in [0.1, 0.15) is 35.7 Å². The van der Waals surface area contributed by atoms with Crippen LogP contribution in [0.4, 0.5) is 0 Å². The first-order valence-corrected chi connectivity index (χ1v) is 9.03. The zero-order valence-electron chi connectivity index (χ0n) is 11.0. The molecule has 2 heterocycles. The van der Waals surface area contributed by atoms with Gasteiger partial charge in [0, 0.05) is 35.4 Å². The second-order valence-corrected chi connectivity index (χ2v) is 7.39. The SMILES string of the molecule is O=C(CC1CSCCN1)NC1CCCc2sccc21. The molecular formula is C14H20N2OS2. The lowest BCUT2D eigenvalue weighted by atomic mass is 9.94. The Hall–Kier alpha value is -0.520. The van der Waals surface area contributed by atoms with Crippen molar-refractivity contribution in [3.8, 4) is 0 Å². The van der Waals surface area contributed by atoms with Crippen LogP contribution in [0.5, 0.6) is 0 Å². The summed E-state index contributed by atoms with van der Waals surface area (Å²) in [5.41, 5.74) is 1.36. The minimum atomic E-state index is 0.198. The highest BCUT2D eigenvalue weighted by Crippen LogP contribution is 2.33. The Morgan fingerprint density at radius 3 is 3.32 bits per heavy atom. The zero-order valence-corrected chi connectivity index (χ0v) is 12.6. The van der Waals surface area contributed by atoms with E-state index in [-0.39, 0.29) is 11.9 Å². The molecule has 1 fully saturated rings. The van der Waals surface area contributed by atoms with Gasteiger partial charge in [0.2, 0.25) is 5.91 Å². The maximum Gasteiger partial charge on any atom is 0.222 e. The molecule has 1 amide bonds. The van der Waals surface area contributed by atoms with Gasteiger partial charge >= 0.3 is 0 Å². The van der Waals surface area contributed by atoms with Crippen LogP contribution in [0, 0.1) is 0 Å². The van der Waals surface area contributed by atoms with E-state index in [4.69, 9.17) is 0 Å². The minimum absolute atomic E-state index is 0.198. The Bertz CT molecular complexity index is 440. The van der Waals surface area contributed by atoms with Crippen molar-refractivity contribution < 1.29 is 4.79 Å². The average molecular weight is 296 g/mol. The van der Waals surface area contributed by atoms with Crippen molar-refractivity contribution in [2.24, 2.45) is 0 Å². The zero-order chi connectivity index (χ0) is 13.1. The molecule has 2 aliphatic rings. The van der Waals surface area contributed by atoms with Gasteiger partial charge in [0.05, 0.1) is 6.04 Å². The molecule has 0 radical (unpaired) electrons. The molecule has 2 atom stereocenters. The summed E-state index contributed by atoms with van der Waals surface area (Å²) in [7, 11) is 0. The molecular weight excluding hydrogens is 276 g/mol. The van der Waals surface area contributed by atoms with E-state index in [0.29, 0.717) is 12.5 Å². The Morgan fingerprint density at radius 1 is 1.53 bits per heavy atom. The van der Waals surface area contributed by atoms with Gasteiger partial charge in [-0.05, 0) is 36.3 Å². The number of rotatable bonds is 3. The van der Waals surface area contributed by atoms with Gasteiger partial charge < -0.3 is 10.6 Å². The van der Waals surface area contributed by atoms with Crippen molar-refractivity contribution in [2.75, 3.05) is 18.1 Å². The van der Waals surface area contributed by atoms with Gasteiger partial charge in [0.15, 0.2) is 0 Å². The predicted octanol–water partition coefficient (Wildman–Crippen LogP) is 2.34. The van der Waals surface area contributed by atoms with Crippen molar-refractivity contribution in [1.82, 2.24) is 10.6 Å². The van der Waals surface area contributed by atoms with E-state index >= 15 is 0 Å². The number of nitrogens with one attached hydrogen (secondary N) is 2.